The number of hydrogen-bond donors (Lipinski definition) is 1. The molecule has 2 aromatic rings. The fourth-order valence-corrected chi connectivity index (χ4v) is 2.18. The molecule has 0 bridgehead atoms. The summed E-state index contributed by atoms with van der Waals surface area (Å²) in [7, 11) is 0. The largest absolute Gasteiger partial charge is 0.369 e. The van der Waals surface area contributed by atoms with Crippen LogP contribution in [0.15, 0.2) is 42.5 Å². The first-order valence-corrected chi connectivity index (χ1v) is 6.08. The number of carbonyl (C=O) groups is 1. The predicted molar refractivity (Wildman–Crippen MR) is 74.5 cm³/mol. The van der Waals surface area contributed by atoms with Crippen molar-refractivity contribution in [2.75, 3.05) is 0 Å². The number of carbonyl (C=O) groups excluding carboxylic acids is 1. The maximum Gasteiger partial charge on any atom is 0.221 e. The molecule has 2 rings (SSSR count). The molecular formula is C15H14ClNO. The molecule has 0 aliphatic heterocycles. The van der Waals surface area contributed by atoms with Crippen molar-refractivity contribution >= 4 is 17.5 Å². The SMILES string of the molecule is Cc1ccc(Cl)cc1-c1ccccc1CC(N)=O. The molecule has 0 saturated heterocycles. The maximum atomic E-state index is 11.1. The van der Waals surface area contributed by atoms with Gasteiger partial charge in [-0.1, -0.05) is 41.9 Å². The number of hydrogen-bond acceptors (Lipinski definition) is 1. The standard InChI is InChI=1S/C15H14ClNO/c1-10-6-7-12(16)9-14(10)13-5-3-2-4-11(13)8-15(17)18/h2-7,9H,8H2,1H3,(H2,17,18). The van der Waals surface area contributed by atoms with Crippen molar-refractivity contribution in [1.29, 1.82) is 0 Å². The third-order valence-corrected chi connectivity index (χ3v) is 3.11. The minimum absolute atomic E-state index is 0.238. The molecule has 0 radical (unpaired) electrons. The van der Waals surface area contributed by atoms with Crippen molar-refractivity contribution in [3.05, 3.63) is 58.6 Å². The molecule has 18 heavy (non-hydrogen) atoms. The quantitative estimate of drug-likeness (QED) is 0.903. The van der Waals surface area contributed by atoms with Crippen LogP contribution in [0.2, 0.25) is 5.02 Å². The highest BCUT2D eigenvalue weighted by Crippen LogP contribution is 2.29. The lowest BCUT2D eigenvalue weighted by Gasteiger charge is -2.11. The van der Waals surface area contributed by atoms with E-state index in [0.29, 0.717) is 5.02 Å². The summed E-state index contributed by atoms with van der Waals surface area (Å²) in [5.74, 6) is -0.331. The molecule has 0 fully saturated rings. The van der Waals surface area contributed by atoms with E-state index in [4.69, 9.17) is 17.3 Å². The van der Waals surface area contributed by atoms with Gasteiger partial charge in [0.1, 0.15) is 0 Å². The molecule has 0 unspecified atom stereocenters. The van der Waals surface area contributed by atoms with Crippen LogP contribution in [0.5, 0.6) is 0 Å². The highest BCUT2D eigenvalue weighted by molar-refractivity contribution is 6.30. The van der Waals surface area contributed by atoms with Crippen molar-refractivity contribution in [2.45, 2.75) is 13.3 Å². The summed E-state index contributed by atoms with van der Waals surface area (Å²) in [5, 5.41) is 0.685. The molecule has 2 aromatic carbocycles. The van der Waals surface area contributed by atoms with E-state index in [-0.39, 0.29) is 12.3 Å². The summed E-state index contributed by atoms with van der Waals surface area (Å²) in [6, 6.07) is 13.5. The highest BCUT2D eigenvalue weighted by atomic mass is 35.5. The number of halogens is 1. The molecule has 0 atom stereocenters. The molecule has 3 heteroatoms. The fraction of sp³-hybridized carbons (Fsp3) is 0.133. The summed E-state index contributed by atoms with van der Waals surface area (Å²) >= 11 is 6.03. The topological polar surface area (TPSA) is 43.1 Å². The number of nitrogens with two attached hydrogens (primary N) is 1. The second kappa shape index (κ2) is 5.23. The monoisotopic (exact) mass is 259 g/mol. The minimum atomic E-state index is -0.331. The summed E-state index contributed by atoms with van der Waals surface area (Å²) in [6.07, 6.45) is 0.238. The maximum absolute atomic E-state index is 11.1. The van der Waals surface area contributed by atoms with Gasteiger partial charge in [0.05, 0.1) is 6.42 Å². The van der Waals surface area contributed by atoms with Gasteiger partial charge in [-0.15, -0.1) is 0 Å². The van der Waals surface area contributed by atoms with E-state index in [0.717, 1.165) is 22.3 Å². The van der Waals surface area contributed by atoms with Crippen LogP contribution >= 0.6 is 11.6 Å². The van der Waals surface area contributed by atoms with Crippen LogP contribution < -0.4 is 5.73 Å². The lowest BCUT2D eigenvalue weighted by Crippen LogP contribution is -2.14. The van der Waals surface area contributed by atoms with Crippen LogP contribution in [-0.2, 0) is 11.2 Å². The van der Waals surface area contributed by atoms with Crippen molar-refractivity contribution in [2.24, 2.45) is 5.73 Å². The van der Waals surface area contributed by atoms with Crippen molar-refractivity contribution in [3.63, 3.8) is 0 Å². The Hall–Kier alpha value is -1.80. The average molecular weight is 260 g/mol. The zero-order valence-electron chi connectivity index (χ0n) is 10.1. The molecule has 92 valence electrons. The Labute approximate surface area is 111 Å². The van der Waals surface area contributed by atoms with Crippen molar-refractivity contribution < 1.29 is 4.79 Å². The molecule has 0 aromatic heterocycles. The normalized spacial score (nSPS) is 10.3. The van der Waals surface area contributed by atoms with E-state index in [9.17, 15) is 4.79 Å². The third kappa shape index (κ3) is 2.71. The lowest BCUT2D eigenvalue weighted by atomic mass is 9.94. The first-order chi connectivity index (χ1) is 8.58. The van der Waals surface area contributed by atoms with E-state index < -0.39 is 0 Å². The van der Waals surface area contributed by atoms with Gasteiger partial charge in [-0.25, -0.2) is 0 Å². The Balaban J connectivity index is 2.56. The van der Waals surface area contributed by atoms with Gasteiger partial charge in [-0.3, -0.25) is 4.79 Å². The highest BCUT2D eigenvalue weighted by Gasteiger charge is 2.09. The second-order valence-electron chi connectivity index (χ2n) is 4.26. The van der Waals surface area contributed by atoms with Gasteiger partial charge >= 0.3 is 0 Å². The lowest BCUT2D eigenvalue weighted by molar-refractivity contribution is -0.117. The van der Waals surface area contributed by atoms with Crippen LogP contribution in [-0.4, -0.2) is 5.91 Å². The second-order valence-corrected chi connectivity index (χ2v) is 4.70. The first kappa shape index (κ1) is 12.7. The van der Waals surface area contributed by atoms with Gasteiger partial charge in [0.2, 0.25) is 5.91 Å². The number of amides is 1. The molecule has 2 N–H and O–H groups in total. The van der Waals surface area contributed by atoms with Gasteiger partial charge in [0.25, 0.3) is 0 Å². The number of primary amides is 1. The predicted octanol–water partition coefficient (Wildman–Crippen LogP) is 3.34. The zero-order valence-corrected chi connectivity index (χ0v) is 10.9. The van der Waals surface area contributed by atoms with E-state index in [1.165, 1.54) is 0 Å². The molecule has 0 aliphatic carbocycles. The number of rotatable bonds is 3. The van der Waals surface area contributed by atoms with E-state index in [1.807, 2.05) is 49.4 Å². The number of benzene rings is 2. The Morgan fingerprint density at radius 3 is 2.61 bits per heavy atom. The Morgan fingerprint density at radius 2 is 1.89 bits per heavy atom. The van der Waals surface area contributed by atoms with Crippen LogP contribution in [0.25, 0.3) is 11.1 Å². The van der Waals surface area contributed by atoms with Crippen LogP contribution in [0.4, 0.5) is 0 Å². The van der Waals surface area contributed by atoms with E-state index >= 15 is 0 Å². The van der Waals surface area contributed by atoms with Crippen molar-refractivity contribution in [1.82, 2.24) is 0 Å². The molecule has 2 nitrogen and oxygen atoms in total. The van der Waals surface area contributed by atoms with Gasteiger partial charge in [0, 0.05) is 5.02 Å². The molecule has 1 amide bonds. The van der Waals surface area contributed by atoms with Crippen LogP contribution in [0.1, 0.15) is 11.1 Å². The van der Waals surface area contributed by atoms with Crippen LogP contribution in [0.3, 0.4) is 0 Å². The van der Waals surface area contributed by atoms with Crippen molar-refractivity contribution in [3.8, 4) is 11.1 Å². The summed E-state index contributed by atoms with van der Waals surface area (Å²) in [6.45, 7) is 2.02. The Morgan fingerprint density at radius 1 is 1.17 bits per heavy atom. The summed E-state index contributed by atoms with van der Waals surface area (Å²) < 4.78 is 0. The fourth-order valence-electron chi connectivity index (χ4n) is 2.01. The molecule has 0 spiro atoms. The Kier molecular flexibility index (Phi) is 3.68. The van der Waals surface area contributed by atoms with Gasteiger partial charge < -0.3 is 5.73 Å². The summed E-state index contributed by atoms with van der Waals surface area (Å²) in [5.41, 5.74) is 9.37. The minimum Gasteiger partial charge on any atom is -0.369 e. The smallest absolute Gasteiger partial charge is 0.221 e. The average Bonchev–Trinajstić information content (AvgIpc) is 2.32. The summed E-state index contributed by atoms with van der Waals surface area (Å²) in [4.78, 5) is 11.1. The molecule has 0 aliphatic rings. The molecule has 0 saturated carbocycles. The zero-order chi connectivity index (χ0) is 13.1. The van der Waals surface area contributed by atoms with Gasteiger partial charge in [-0.2, -0.15) is 0 Å². The molecule has 0 heterocycles. The van der Waals surface area contributed by atoms with E-state index in [1.54, 1.807) is 0 Å². The number of aryl methyl sites for hydroxylation is 1. The van der Waals surface area contributed by atoms with E-state index in [2.05, 4.69) is 0 Å². The third-order valence-electron chi connectivity index (χ3n) is 2.87. The Bertz CT molecular complexity index is 593. The molecular weight excluding hydrogens is 246 g/mol. The van der Waals surface area contributed by atoms with Gasteiger partial charge in [-0.05, 0) is 41.3 Å². The van der Waals surface area contributed by atoms with Gasteiger partial charge in [0.15, 0.2) is 0 Å². The first-order valence-electron chi connectivity index (χ1n) is 5.70. The van der Waals surface area contributed by atoms with Crippen LogP contribution in [0, 0.1) is 6.92 Å².